The Hall–Kier alpha value is -2.25. The highest BCUT2D eigenvalue weighted by Crippen LogP contribution is 2.27. The fourth-order valence-electron chi connectivity index (χ4n) is 2.01. The lowest BCUT2D eigenvalue weighted by molar-refractivity contribution is -0.136. The van der Waals surface area contributed by atoms with Gasteiger partial charge in [0.05, 0.1) is 11.6 Å². The van der Waals surface area contributed by atoms with Crippen LogP contribution in [0.3, 0.4) is 0 Å². The molecule has 2 aromatic carbocycles. The summed E-state index contributed by atoms with van der Waals surface area (Å²) >= 11 is 1.32. The van der Waals surface area contributed by atoms with E-state index in [9.17, 15) is 9.90 Å². The Morgan fingerprint density at radius 1 is 1.29 bits per heavy atom. The van der Waals surface area contributed by atoms with Gasteiger partial charge < -0.3 is 5.11 Å². The van der Waals surface area contributed by atoms with Crippen molar-refractivity contribution in [2.24, 2.45) is 0 Å². The van der Waals surface area contributed by atoms with E-state index in [1.54, 1.807) is 12.1 Å². The van der Waals surface area contributed by atoms with E-state index in [4.69, 9.17) is 5.26 Å². The third-order valence-corrected chi connectivity index (χ3v) is 4.31. The summed E-state index contributed by atoms with van der Waals surface area (Å²) in [6.07, 6.45) is 0.472. The lowest BCUT2D eigenvalue weighted by atomic mass is 10.1. The summed E-state index contributed by atoms with van der Waals surface area (Å²) in [7, 11) is 0. The van der Waals surface area contributed by atoms with Crippen molar-refractivity contribution < 1.29 is 9.90 Å². The summed E-state index contributed by atoms with van der Waals surface area (Å²) in [6.45, 7) is 1.86. The molecule has 0 saturated heterocycles. The van der Waals surface area contributed by atoms with Crippen molar-refractivity contribution in [2.75, 3.05) is 0 Å². The van der Waals surface area contributed by atoms with Gasteiger partial charge >= 0.3 is 5.97 Å². The number of nitrogens with zero attached hydrogens (tertiary/aromatic N) is 1. The Morgan fingerprint density at radius 3 is 2.57 bits per heavy atom. The largest absolute Gasteiger partial charge is 0.480 e. The molecule has 0 aliphatic heterocycles. The van der Waals surface area contributed by atoms with Crippen LogP contribution in [0.1, 0.15) is 16.7 Å². The van der Waals surface area contributed by atoms with Gasteiger partial charge in [0.25, 0.3) is 0 Å². The molecule has 0 fully saturated rings. The number of nitriles is 1. The molecule has 0 heterocycles. The zero-order valence-electron chi connectivity index (χ0n) is 11.6. The minimum absolute atomic E-state index is 0.472. The summed E-state index contributed by atoms with van der Waals surface area (Å²) in [5.41, 5.74) is 2.49. The number of hydrogen-bond donors (Lipinski definition) is 1. The van der Waals surface area contributed by atoms with Crippen LogP contribution in [0.4, 0.5) is 0 Å². The van der Waals surface area contributed by atoms with E-state index in [0.29, 0.717) is 12.0 Å². The maximum absolute atomic E-state index is 11.4. The zero-order chi connectivity index (χ0) is 15.2. The molecule has 1 N–H and O–H groups in total. The van der Waals surface area contributed by atoms with Gasteiger partial charge in [-0.2, -0.15) is 5.26 Å². The molecule has 3 nitrogen and oxygen atoms in total. The van der Waals surface area contributed by atoms with Gasteiger partial charge in [0.1, 0.15) is 5.25 Å². The smallest absolute Gasteiger partial charge is 0.317 e. The minimum atomic E-state index is -0.828. The minimum Gasteiger partial charge on any atom is -0.480 e. The number of benzene rings is 2. The molecule has 1 unspecified atom stereocenters. The van der Waals surface area contributed by atoms with Crippen molar-refractivity contribution in [3.05, 3.63) is 65.2 Å². The van der Waals surface area contributed by atoms with Crippen LogP contribution >= 0.6 is 11.8 Å². The summed E-state index contributed by atoms with van der Waals surface area (Å²) < 4.78 is 0. The first-order chi connectivity index (χ1) is 10.1. The van der Waals surface area contributed by atoms with E-state index in [1.807, 2.05) is 43.3 Å². The SMILES string of the molecule is Cc1cc(SC(Cc2ccccc2)C(=O)O)ccc1C#N. The quantitative estimate of drug-likeness (QED) is 0.856. The number of carboxylic acids is 1. The Labute approximate surface area is 128 Å². The van der Waals surface area contributed by atoms with E-state index in [-0.39, 0.29) is 0 Å². The lowest BCUT2D eigenvalue weighted by Gasteiger charge is -2.13. The zero-order valence-corrected chi connectivity index (χ0v) is 12.4. The fourth-order valence-corrected chi connectivity index (χ4v) is 3.10. The van der Waals surface area contributed by atoms with Gasteiger partial charge in [-0.05, 0) is 42.7 Å². The molecular weight excluding hydrogens is 282 g/mol. The Kier molecular flexibility index (Phi) is 5.02. The molecule has 0 saturated carbocycles. The number of carbonyl (C=O) groups is 1. The molecule has 4 heteroatoms. The third-order valence-electron chi connectivity index (χ3n) is 3.14. The van der Waals surface area contributed by atoms with Crippen LogP contribution in [0.25, 0.3) is 0 Å². The van der Waals surface area contributed by atoms with E-state index < -0.39 is 11.2 Å². The normalized spacial score (nSPS) is 11.6. The van der Waals surface area contributed by atoms with Crippen molar-refractivity contribution in [1.82, 2.24) is 0 Å². The first kappa shape index (κ1) is 15.1. The van der Waals surface area contributed by atoms with Crippen LogP contribution in [-0.2, 0) is 11.2 Å². The average molecular weight is 297 g/mol. The second-order valence-corrected chi connectivity index (χ2v) is 6.00. The summed E-state index contributed by atoms with van der Waals surface area (Å²) in [5.74, 6) is -0.828. The summed E-state index contributed by atoms with van der Waals surface area (Å²) in [6, 6.07) is 17.1. The van der Waals surface area contributed by atoms with Crippen molar-refractivity contribution >= 4 is 17.7 Å². The van der Waals surface area contributed by atoms with Crippen molar-refractivity contribution in [2.45, 2.75) is 23.5 Å². The van der Waals surface area contributed by atoms with Crippen LogP contribution in [-0.4, -0.2) is 16.3 Å². The predicted octanol–water partition coefficient (Wildman–Crippen LogP) is 3.65. The second-order valence-electron chi connectivity index (χ2n) is 4.72. The van der Waals surface area contributed by atoms with E-state index in [2.05, 4.69) is 6.07 Å². The molecule has 0 radical (unpaired) electrons. The van der Waals surface area contributed by atoms with E-state index in [1.165, 1.54) is 11.8 Å². The highest BCUT2D eigenvalue weighted by atomic mass is 32.2. The molecule has 2 aromatic rings. The van der Waals surface area contributed by atoms with Crippen molar-refractivity contribution in [1.29, 1.82) is 5.26 Å². The molecule has 21 heavy (non-hydrogen) atoms. The number of hydrogen-bond acceptors (Lipinski definition) is 3. The average Bonchev–Trinajstić information content (AvgIpc) is 2.48. The molecule has 106 valence electrons. The van der Waals surface area contributed by atoms with Crippen LogP contribution in [0.15, 0.2) is 53.4 Å². The van der Waals surface area contributed by atoms with Crippen LogP contribution in [0.2, 0.25) is 0 Å². The van der Waals surface area contributed by atoms with Gasteiger partial charge in [-0.15, -0.1) is 11.8 Å². The maximum atomic E-state index is 11.4. The maximum Gasteiger partial charge on any atom is 0.317 e. The monoisotopic (exact) mass is 297 g/mol. The molecule has 0 aliphatic carbocycles. The van der Waals surface area contributed by atoms with Gasteiger partial charge in [0.2, 0.25) is 0 Å². The molecule has 0 amide bonds. The molecule has 0 aliphatic rings. The molecule has 0 aromatic heterocycles. The molecule has 1 atom stereocenters. The van der Waals surface area contributed by atoms with Crippen LogP contribution < -0.4 is 0 Å². The van der Waals surface area contributed by atoms with E-state index >= 15 is 0 Å². The number of rotatable bonds is 5. The first-order valence-corrected chi connectivity index (χ1v) is 7.42. The van der Waals surface area contributed by atoms with Gasteiger partial charge in [0.15, 0.2) is 0 Å². The van der Waals surface area contributed by atoms with E-state index in [0.717, 1.165) is 16.0 Å². The standard InChI is InChI=1S/C17H15NO2S/c1-12-9-15(8-7-14(12)11-18)21-16(17(19)20)10-13-5-3-2-4-6-13/h2-9,16H,10H2,1H3,(H,19,20). The van der Waals surface area contributed by atoms with Gasteiger partial charge in [-0.25, -0.2) is 0 Å². The fraction of sp³-hybridized carbons (Fsp3) is 0.176. The summed E-state index contributed by atoms with van der Waals surface area (Å²) in [4.78, 5) is 12.3. The highest BCUT2D eigenvalue weighted by molar-refractivity contribution is 8.00. The summed E-state index contributed by atoms with van der Waals surface area (Å²) in [5, 5.41) is 17.8. The van der Waals surface area contributed by atoms with Crippen molar-refractivity contribution in [3.8, 4) is 6.07 Å². The topological polar surface area (TPSA) is 61.1 Å². The first-order valence-electron chi connectivity index (χ1n) is 6.54. The lowest BCUT2D eigenvalue weighted by Crippen LogP contribution is -2.19. The second kappa shape index (κ2) is 6.96. The highest BCUT2D eigenvalue weighted by Gasteiger charge is 2.19. The Balaban J connectivity index is 2.15. The van der Waals surface area contributed by atoms with Gasteiger partial charge in [-0.3, -0.25) is 4.79 Å². The molecule has 0 bridgehead atoms. The Morgan fingerprint density at radius 2 is 2.00 bits per heavy atom. The Bertz CT molecular complexity index is 677. The number of aliphatic carboxylic acids is 1. The molecule has 0 spiro atoms. The third kappa shape index (κ3) is 4.11. The molecular formula is C17H15NO2S. The molecule has 2 rings (SSSR count). The van der Waals surface area contributed by atoms with Gasteiger partial charge in [0, 0.05) is 4.90 Å². The van der Waals surface area contributed by atoms with Crippen LogP contribution in [0.5, 0.6) is 0 Å². The van der Waals surface area contributed by atoms with Crippen LogP contribution in [0, 0.1) is 18.3 Å². The van der Waals surface area contributed by atoms with Crippen molar-refractivity contribution in [3.63, 3.8) is 0 Å². The van der Waals surface area contributed by atoms with Gasteiger partial charge in [-0.1, -0.05) is 30.3 Å². The number of aryl methyl sites for hydroxylation is 1. The number of carboxylic acid groups (broad SMARTS) is 1. The number of thioether (sulfide) groups is 1. The predicted molar refractivity (Wildman–Crippen MR) is 83.3 cm³/mol.